The molecule has 2 N–H and O–H groups in total. The summed E-state index contributed by atoms with van der Waals surface area (Å²) in [4.78, 5) is 0. The molecule has 2 rings (SSSR count). The summed E-state index contributed by atoms with van der Waals surface area (Å²) in [5.74, 6) is 2.21. The molecule has 130 valence electrons. The van der Waals surface area contributed by atoms with Crippen LogP contribution in [0.4, 0.5) is 0 Å². The van der Waals surface area contributed by atoms with E-state index in [9.17, 15) is 0 Å². The van der Waals surface area contributed by atoms with Gasteiger partial charge in [-0.15, -0.1) is 0 Å². The molecule has 0 aliphatic carbocycles. The molecule has 0 atom stereocenters. The van der Waals surface area contributed by atoms with Crippen molar-refractivity contribution in [1.29, 1.82) is 0 Å². The SMILES string of the molecule is Cc1cc(OCCOc2ccc(Cl)cc2CCN)ccc1C(C)C. The van der Waals surface area contributed by atoms with E-state index in [-0.39, 0.29) is 0 Å². The Morgan fingerprint density at radius 1 is 1.04 bits per heavy atom. The van der Waals surface area contributed by atoms with Crippen LogP contribution in [-0.2, 0) is 6.42 Å². The van der Waals surface area contributed by atoms with Crippen LogP contribution in [0.5, 0.6) is 11.5 Å². The first-order valence-corrected chi connectivity index (χ1v) is 8.73. The van der Waals surface area contributed by atoms with E-state index in [4.69, 9.17) is 26.8 Å². The smallest absolute Gasteiger partial charge is 0.122 e. The second-order valence-corrected chi connectivity index (χ2v) is 6.60. The van der Waals surface area contributed by atoms with E-state index in [2.05, 4.69) is 32.9 Å². The lowest BCUT2D eigenvalue weighted by molar-refractivity contribution is 0.216. The second-order valence-electron chi connectivity index (χ2n) is 6.16. The zero-order valence-corrected chi connectivity index (χ0v) is 15.4. The summed E-state index contributed by atoms with van der Waals surface area (Å²) in [5, 5.41) is 0.697. The number of nitrogens with two attached hydrogens (primary N) is 1. The Bertz CT molecular complexity index is 671. The van der Waals surface area contributed by atoms with Gasteiger partial charge >= 0.3 is 0 Å². The molecule has 24 heavy (non-hydrogen) atoms. The van der Waals surface area contributed by atoms with Gasteiger partial charge in [0, 0.05) is 5.02 Å². The van der Waals surface area contributed by atoms with Crippen LogP contribution in [0.3, 0.4) is 0 Å². The summed E-state index contributed by atoms with van der Waals surface area (Å²) in [5.41, 5.74) is 9.27. The van der Waals surface area contributed by atoms with Gasteiger partial charge in [-0.05, 0) is 72.8 Å². The van der Waals surface area contributed by atoms with Crippen LogP contribution in [0.1, 0.15) is 36.5 Å². The van der Waals surface area contributed by atoms with Gasteiger partial charge in [0.1, 0.15) is 24.7 Å². The van der Waals surface area contributed by atoms with Gasteiger partial charge in [0.25, 0.3) is 0 Å². The molecule has 0 aliphatic rings. The predicted molar refractivity (Wildman–Crippen MR) is 100 cm³/mol. The molecule has 0 spiro atoms. The predicted octanol–water partition coefficient (Wildman–Crippen LogP) is 4.73. The third-order valence-corrected chi connectivity index (χ3v) is 4.14. The van der Waals surface area contributed by atoms with Gasteiger partial charge in [-0.25, -0.2) is 0 Å². The van der Waals surface area contributed by atoms with E-state index >= 15 is 0 Å². The number of hydrogen-bond acceptors (Lipinski definition) is 3. The van der Waals surface area contributed by atoms with Gasteiger partial charge in [-0.1, -0.05) is 31.5 Å². The van der Waals surface area contributed by atoms with Crippen LogP contribution in [0.25, 0.3) is 0 Å². The Kier molecular flexibility index (Phi) is 6.95. The van der Waals surface area contributed by atoms with Crippen molar-refractivity contribution in [1.82, 2.24) is 0 Å². The van der Waals surface area contributed by atoms with Crippen LogP contribution >= 0.6 is 11.6 Å². The molecular formula is C20H26ClNO2. The molecule has 0 saturated carbocycles. The fourth-order valence-electron chi connectivity index (χ4n) is 2.74. The zero-order chi connectivity index (χ0) is 17.5. The summed E-state index contributed by atoms with van der Waals surface area (Å²) in [6, 6.07) is 11.8. The molecule has 3 nitrogen and oxygen atoms in total. The van der Waals surface area contributed by atoms with E-state index < -0.39 is 0 Å². The van der Waals surface area contributed by atoms with Gasteiger partial charge < -0.3 is 15.2 Å². The minimum atomic E-state index is 0.476. The molecular weight excluding hydrogens is 322 g/mol. The summed E-state index contributed by atoms with van der Waals surface area (Å²) in [6.07, 6.45) is 0.743. The maximum atomic E-state index is 6.02. The molecule has 0 bridgehead atoms. The van der Waals surface area contributed by atoms with Gasteiger partial charge in [-0.2, -0.15) is 0 Å². The molecule has 0 saturated heterocycles. The van der Waals surface area contributed by atoms with E-state index in [1.165, 1.54) is 11.1 Å². The van der Waals surface area contributed by atoms with Crippen molar-refractivity contribution in [2.24, 2.45) is 5.73 Å². The highest BCUT2D eigenvalue weighted by molar-refractivity contribution is 6.30. The average molecular weight is 348 g/mol. The molecule has 0 aliphatic heterocycles. The average Bonchev–Trinajstić information content (AvgIpc) is 2.53. The lowest BCUT2D eigenvalue weighted by Crippen LogP contribution is -2.11. The standard InChI is InChI=1S/C20H26ClNO2/c1-14(2)19-6-5-18(12-15(19)3)23-10-11-24-20-7-4-17(21)13-16(20)8-9-22/h4-7,12-14H,8-11,22H2,1-3H3. The number of halogens is 1. The van der Waals surface area contributed by atoms with E-state index in [1.54, 1.807) is 0 Å². The molecule has 0 unspecified atom stereocenters. The van der Waals surface area contributed by atoms with Crippen molar-refractivity contribution in [3.8, 4) is 11.5 Å². The fraction of sp³-hybridized carbons (Fsp3) is 0.400. The molecule has 2 aromatic rings. The Balaban J connectivity index is 1.88. The highest BCUT2D eigenvalue weighted by Gasteiger charge is 2.06. The lowest BCUT2D eigenvalue weighted by atomic mass is 9.98. The van der Waals surface area contributed by atoms with E-state index in [0.717, 1.165) is 23.5 Å². The number of benzene rings is 2. The molecule has 2 aromatic carbocycles. The van der Waals surface area contributed by atoms with Crippen molar-refractivity contribution >= 4 is 11.6 Å². The number of aryl methyl sites for hydroxylation is 1. The third-order valence-electron chi connectivity index (χ3n) is 3.91. The summed E-state index contributed by atoms with van der Waals surface area (Å²) in [7, 11) is 0. The highest BCUT2D eigenvalue weighted by Crippen LogP contribution is 2.24. The highest BCUT2D eigenvalue weighted by atomic mass is 35.5. The summed E-state index contributed by atoms with van der Waals surface area (Å²) < 4.78 is 11.6. The monoisotopic (exact) mass is 347 g/mol. The summed E-state index contributed by atoms with van der Waals surface area (Å²) >= 11 is 6.02. The number of ether oxygens (including phenoxy) is 2. The largest absolute Gasteiger partial charge is 0.490 e. The first kappa shape index (κ1) is 18.6. The topological polar surface area (TPSA) is 44.5 Å². The van der Waals surface area contributed by atoms with Gasteiger partial charge in [0.2, 0.25) is 0 Å². The van der Waals surface area contributed by atoms with E-state index in [0.29, 0.717) is 30.7 Å². The summed E-state index contributed by atoms with van der Waals surface area (Å²) in [6.45, 7) is 8.04. The maximum Gasteiger partial charge on any atom is 0.122 e. The van der Waals surface area contributed by atoms with Crippen molar-refractivity contribution in [2.45, 2.75) is 33.1 Å². The number of rotatable bonds is 8. The molecule has 0 heterocycles. The Morgan fingerprint density at radius 3 is 2.46 bits per heavy atom. The van der Waals surface area contributed by atoms with Gasteiger partial charge in [-0.3, -0.25) is 0 Å². The lowest BCUT2D eigenvalue weighted by Gasteiger charge is -2.14. The normalized spacial score (nSPS) is 10.9. The Morgan fingerprint density at radius 2 is 1.79 bits per heavy atom. The second kappa shape index (κ2) is 8.95. The number of hydrogen-bond donors (Lipinski definition) is 1. The minimum Gasteiger partial charge on any atom is -0.490 e. The van der Waals surface area contributed by atoms with Crippen molar-refractivity contribution in [3.63, 3.8) is 0 Å². The zero-order valence-electron chi connectivity index (χ0n) is 14.6. The van der Waals surface area contributed by atoms with Crippen LogP contribution < -0.4 is 15.2 Å². The Hall–Kier alpha value is -1.71. The molecule has 4 heteroatoms. The molecule has 0 amide bonds. The first-order chi connectivity index (χ1) is 11.5. The first-order valence-electron chi connectivity index (χ1n) is 8.36. The van der Waals surface area contributed by atoms with Crippen LogP contribution in [0.2, 0.25) is 5.02 Å². The minimum absolute atomic E-state index is 0.476. The van der Waals surface area contributed by atoms with Crippen molar-refractivity contribution < 1.29 is 9.47 Å². The Labute approximate surface area is 149 Å². The van der Waals surface area contributed by atoms with Crippen LogP contribution in [-0.4, -0.2) is 19.8 Å². The molecule has 0 fully saturated rings. The molecule has 0 aromatic heterocycles. The fourth-order valence-corrected chi connectivity index (χ4v) is 2.93. The third kappa shape index (κ3) is 5.15. The van der Waals surface area contributed by atoms with Crippen LogP contribution in [0, 0.1) is 6.92 Å². The van der Waals surface area contributed by atoms with Crippen molar-refractivity contribution in [3.05, 3.63) is 58.1 Å². The van der Waals surface area contributed by atoms with Gasteiger partial charge in [0.15, 0.2) is 0 Å². The van der Waals surface area contributed by atoms with Crippen molar-refractivity contribution in [2.75, 3.05) is 19.8 Å². The van der Waals surface area contributed by atoms with E-state index in [1.807, 2.05) is 24.3 Å². The quantitative estimate of drug-likeness (QED) is 0.702. The maximum absolute atomic E-state index is 6.02. The molecule has 0 radical (unpaired) electrons. The van der Waals surface area contributed by atoms with Crippen LogP contribution in [0.15, 0.2) is 36.4 Å². The van der Waals surface area contributed by atoms with Gasteiger partial charge in [0.05, 0.1) is 0 Å².